The lowest BCUT2D eigenvalue weighted by Gasteiger charge is -2.19. The number of ether oxygens (including phenoxy) is 4. The van der Waals surface area contributed by atoms with Gasteiger partial charge in [0.25, 0.3) is 0 Å². The first kappa shape index (κ1) is 37.8. The highest BCUT2D eigenvalue weighted by Gasteiger charge is 2.17. The number of aliphatic hydroxyl groups excluding tert-OH is 1. The standard InChI is InChI=1S/C31H54O9/c1-3-5-7-9-11-16-22-37-31(38-23-17-12-10-8-6-4-2)21-20-30(36)40-26-27(24-32)25-39-29(35)19-15-13-14-18-28(33)34/h5-8,27,31-32H,3-4,9-26H2,1-2H3,(H,33,34)/b7-5-,8-6-. The van der Waals surface area contributed by atoms with Gasteiger partial charge in [-0.05, 0) is 64.2 Å². The van der Waals surface area contributed by atoms with E-state index in [1.165, 1.54) is 0 Å². The molecule has 0 heterocycles. The normalized spacial score (nSPS) is 12.4. The van der Waals surface area contributed by atoms with Gasteiger partial charge in [0, 0.05) is 32.5 Å². The zero-order chi connectivity index (χ0) is 29.7. The van der Waals surface area contributed by atoms with Gasteiger partial charge in [0.05, 0.1) is 32.2 Å². The Kier molecular flexibility index (Phi) is 26.7. The summed E-state index contributed by atoms with van der Waals surface area (Å²) in [6.07, 6.45) is 18.7. The van der Waals surface area contributed by atoms with Crippen molar-refractivity contribution in [3.05, 3.63) is 24.3 Å². The molecule has 0 rings (SSSR count). The lowest BCUT2D eigenvalue weighted by atomic mass is 10.1. The number of unbranched alkanes of at least 4 members (excludes halogenated alkanes) is 6. The molecule has 0 spiro atoms. The highest BCUT2D eigenvalue weighted by Crippen LogP contribution is 2.11. The van der Waals surface area contributed by atoms with Gasteiger partial charge in [0.2, 0.25) is 0 Å². The molecule has 1 unspecified atom stereocenters. The van der Waals surface area contributed by atoms with E-state index in [1.807, 2.05) is 0 Å². The van der Waals surface area contributed by atoms with Gasteiger partial charge >= 0.3 is 17.9 Å². The molecule has 0 aliphatic rings. The summed E-state index contributed by atoms with van der Waals surface area (Å²) in [5.41, 5.74) is 0. The molecule has 1 atom stereocenters. The first-order valence-corrected chi connectivity index (χ1v) is 15.1. The molecule has 0 aromatic carbocycles. The van der Waals surface area contributed by atoms with E-state index in [9.17, 15) is 19.5 Å². The van der Waals surface area contributed by atoms with E-state index in [0.717, 1.165) is 51.4 Å². The fourth-order valence-corrected chi connectivity index (χ4v) is 3.62. The fourth-order valence-electron chi connectivity index (χ4n) is 3.62. The van der Waals surface area contributed by atoms with Gasteiger partial charge < -0.3 is 29.2 Å². The van der Waals surface area contributed by atoms with Crippen LogP contribution in [0.25, 0.3) is 0 Å². The molecule has 0 fully saturated rings. The van der Waals surface area contributed by atoms with Crippen LogP contribution >= 0.6 is 0 Å². The van der Waals surface area contributed by atoms with Crippen LogP contribution in [0, 0.1) is 5.92 Å². The van der Waals surface area contributed by atoms with Crippen LogP contribution in [0.3, 0.4) is 0 Å². The van der Waals surface area contributed by atoms with E-state index < -0.39 is 30.1 Å². The smallest absolute Gasteiger partial charge is 0.305 e. The average molecular weight is 571 g/mol. The summed E-state index contributed by atoms with van der Waals surface area (Å²) in [5, 5.41) is 18.2. The van der Waals surface area contributed by atoms with Crippen molar-refractivity contribution < 1.29 is 43.5 Å². The largest absolute Gasteiger partial charge is 0.481 e. The third-order valence-electron chi connectivity index (χ3n) is 6.02. The van der Waals surface area contributed by atoms with E-state index in [2.05, 4.69) is 38.2 Å². The Morgan fingerprint density at radius 3 is 1.70 bits per heavy atom. The molecule has 0 aliphatic heterocycles. The van der Waals surface area contributed by atoms with E-state index in [4.69, 9.17) is 24.1 Å². The monoisotopic (exact) mass is 570 g/mol. The molecule has 0 amide bonds. The second-order valence-electron chi connectivity index (χ2n) is 9.83. The van der Waals surface area contributed by atoms with Crippen LogP contribution in [0.5, 0.6) is 0 Å². The molecule has 0 aromatic rings. The van der Waals surface area contributed by atoms with E-state index >= 15 is 0 Å². The number of aliphatic carboxylic acids is 1. The third-order valence-corrected chi connectivity index (χ3v) is 6.02. The molecular weight excluding hydrogens is 516 g/mol. The number of hydrogen-bond acceptors (Lipinski definition) is 8. The van der Waals surface area contributed by atoms with Gasteiger partial charge in [-0.1, -0.05) is 44.6 Å². The van der Waals surface area contributed by atoms with E-state index in [1.54, 1.807) is 0 Å². The number of aliphatic hydroxyl groups is 1. The molecule has 232 valence electrons. The average Bonchev–Trinajstić information content (AvgIpc) is 2.94. The molecule has 9 nitrogen and oxygen atoms in total. The lowest BCUT2D eigenvalue weighted by Crippen LogP contribution is -2.25. The molecule has 0 saturated carbocycles. The zero-order valence-corrected chi connectivity index (χ0v) is 24.9. The number of hydrogen-bond donors (Lipinski definition) is 2. The van der Waals surface area contributed by atoms with Gasteiger partial charge in [-0.25, -0.2) is 0 Å². The molecule has 9 heteroatoms. The summed E-state index contributed by atoms with van der Waals surface area (Å²) in [5.74, 6) is -2.20. The first-order valence-electron chi connectivity index (χ1n) is 15.1. The van der Waals surface area contributed by atoms with Crippen LogP contribution in [0.2, 0.25) is 0 Å². The number of allylic oxidation sites excluding steroid dienone is 4. The molecule has 0 bridgehead atoms. The Hall–Kier alpha value is -2.23. The minimum atomic E-state index is -0.851. The number of carbonyl (C=O) groups excluding carboxylic acids is 2. The highest BCUT2D eigenvalue weighted by atomic mass is 16.7. The maximum absolute atomic E-state index is 12.3. The lowest BCUT2D eigenvalue weighted by molar-refractivity contribution is -0.161. The molecule has 0 aliphatic carbocycles. The topological polar surface area (TPSA) is 129 Å². The highest BCUT2D eigenvalue weighted by molar-refractivity contribution is 5.70. The van der Waals surface area contributed by atoms with Crippen LogP contribution in [0.15, 0.2) is 24.3 Å². The quantitative estimate of drug-likeness (QED) is 0.0494. The van der Waals surface area contributed by atoms with Crippen molar-refractivity contribution >= 4 is 17.9 Å². The summed E-state index contributed by atoms with van der Waals surface area (Å²) < 4.78 is 22.3. The number of esters is 2. The van der Waals surface area contributed by atoms with Crippen molar-refractivity contribution in [1.29, 1.82) is 0 Å². The molecule has 0 aromatic heterocycles. The summed E-state index contributed by atoms with van der Waals surface area (Å²) in [4.78, 5) is 34.7. The molecule has 2 N–H and O–H groups in total. The van der Waals surface area contributed by atoms with Crippen LogP contribution in [0.1, 0.15) is 110 Å². The predicted molar refractivity (Wildman–Crippen MR) is 155 cm³/mol. The van der Waals surface area contributed by atoms with Gasteiger partial charge in [-0.3, -0.25) is 14.4 Å². The van der Waals surface area contributed by atoms with E-state index in [-0.39, 0.29) is 39.1 Å². The van der Waals surface area contributed by atoms with Crippen LogP contribution in [-0.2, 0) is 33.3 Å². The van der Waals surface area contributed by atoms with Gasteiger partial charge in [-0.15, -0.1) is 0 Å². The van der Waals surface area contributed by atoms with Crippen molar-refractivity contribution in [1.82, 2.24) is 0 Å². The van der Waals surface area contributed by atoms with Crippen molar-refractivity contribution in [2.24, 2.45) is 5.92 Å². The number of carbonyl (C=O) groups is 3. The van der Waals surface area contributed by atoms with Crippen molar-refractivity contribution in [2.45, 2.75) is 116 Å². The second-order valence-corrected chi connectivity index (χ2v) is 9.83. The molecule has 40 heavy (non-hydrogen) atoms. The Morgan fingerprint density at radius 2 is 1.20 bits per heavy atom. The molecule has 0 radical (unpaired) electrons. The third kappa shape index (κ3) is 26.0. The van der Waals surface area contributed by atoms with Gasteiger partial charge in [0.1, 0.15) is 0 Å². The van der Waals surface area contributed by atoms with Crippen molar-refractivity contribution in [3.8, 4) is 0 Å². The fraction of sp³-hybridized carbons (Fsp3) is 0.774. The van der Waals surface area contributed by atoms with E-state index in [0.29, 0.717) is 38.9 Å². The van der Waals surface area contributed by atoms with Gasteiger partial charge in [0.15, 0.2) is 6.29 Å². The molecular formula is C31H54O9. The summed E-state index contributed by atoms with van der Waals surface area (Å²) in [6, 6.07) is 0. The molecule has 0 saturated heterocycles. The van der Waals surface area contributed by atoms with Crippen LogP contribution < -0.4 is 0 Å². The Labute approximate surface area is 241 Å². The SMILES string of the molecule is CC/C=C\CCCCOC(CCC(=O)OCC(CO)COC(=O)CCCCCC(=O)O)OCCCC/C=C\CC. The summed E-state index contributed by atoms with van der Waals surface area (Å²) in [6.45, 7) is 4.98. The van der Waals surface area contributed by atoms with Crippen molar-refractivity contribution in [2.75, 3.05) is 33.0 Å². The van der Waals surface area contributed by atoms with Crippen LogP contribution in [-0.4, -0.2) is 67.4 Å². The zero-order valence-electron chi connectivity index (χ0n) is 24.9. The van der Waals surface area contributed by atoms with Gasteiger partial charge in [-0.2, -0.15) is 0 Å². The minimum absolute atomic E-state index is 0.0481. The summed E-state index contributed by atoms with van der Waals surface area (Å²) >= 11 is 0. The van der Waals surface area contributed by atoms with Crippen molar-refractivity contribution in [3.63, 3.8) is 0 Å². The van der Waals surface area contributed by atoms with Crippen LogP contribution in [0.4, 0.5) is 0 Å². The number of carboxylic acid groups (broad SMARTS) is 1. The summed E-state index contributed by atoms with van der Waals surface area (Å²) in [7, 11) is 0. The Balaban J connectivity index is 4.33. The maximum Gasteiger partial charge on any atom is 0.305 e. The minimum Gasteiger partial charge on any atom is -0.481 e. The Bertz CT molecular complexity index is 666. The first-order chi connectivity index (χ1) is 19.4. The number of carboxylic acids is 1. The number of rotatable bonds is 28. The maximum atomic E-state index is 12.3. The Morgan fingerprint density at radius 1 is 0.675 bits per heavy atom. The predicted octanol–water partition coefficient (Wildman–Crippen LogP) is 6.13. The second kappa shape index (κ2) is 28.3.